The van der Waals surface area contributed by atoms with E-state index >= 15 is 0 Å². The van der Waals surface area contributed by atoms with Crippen molar-refractivity contribution in [1.82, 2.24) is 14.9 Å². The van der Waals surface area contributed by atoms with Crippen LogP contribution in [-0.4, -0.2) is 26.4 Å². The molecule has 162 valence electrons. The van der Waals surface area contributed by atoms with Gasteiger partial charge in [0.05, 0.1) is 5.75 Å². The number of nitrogen functional groups attached to an aromatic ring is 1. The van der Waals surface area contributed by atoms with E-state index in [9.17, 15) is 4.79 Å². The van der Waals surface area contributed by atoms with Crippen LogP contribution in [0.5, 0.6) is 0 Å². The molecule has 4 rings (SSSR count). The van der Waals surface area contributed by atoms with Gasteiger partial charge >= 0.3 is 0 Å². The minimum atomic E-state index is 0.0856. The van der Waals surface area contributed by atoms with Crippen LogP contribution < -0.4 is 5.84 Å². The fourth-order valence-electron chi connectivity index (χ4n) is 4.31. The molecule has 0 aliphatic heterocycles. The van der Waals surface area contributed by atoms with E-state index in [2.05, 4.69) is 41.4 Å². The summed E-state index contributed by atoms with van der Waals surface area (Å²) in [7, 11) is 0. The molecule has 1 atom stereocenters. The van der Waals surface area contributed by atoms with Gasteiger partial charge in [0.2, 0.25) is 5.16 Å². The summed E-state index contributed by atoms with van der Waals surface area (Å²) in [6.45, 7) is 2.15. The van der Waals surface area contributed by atoms with Crippen LogP contribution in [0.2, 0.25) is 0 Å². The number of Topliss-reactive ketones (excluding diaryl/α,β-unsaturated/α-hetero) is 1. The van der Waals surface area contributed by atoms with E-state index in [4.69, 9.17) is 5.84 Å². The Bertz CT molecular complexity index is 994. The monoisotopic (exact) mass is 434 g/mol. The van der Waals surface area contributed by atoms with E-state index in [-0.39, 0.29) is 11.7 Å². The number of aromatic nitrogens is 3. The molecule has 0 spiro atoms. The molecule has 2 N–H and O–H groups in total. The number of hydrogen-bond donors (Lipinski definition) is 1. The highest BCUT2D eigenvalue weighted by atomic mass is 32.2. The van der Waals surface area contributed by atoms with Crippen LogP contribution in [0, 0.1) is 0 Å². The summed E-state index contributed by atoms with van der Waals surface area (Å²) in [4.78, 5) is 12.7. The van der Waals surface area contributed by atoms with Crippen LogP contribution in [0.15, 0.2) is 59.8 Å². The van der Waals surface area contributed by atoms with Crippen molar-refractivity contribution in [1.29, 1.82) is 0 Å². The lowest BCUT2D eigenvalue weighted by atomic mass is 9.84. The number of nitrogens with zero attached hydrogens (tertiary/aromatic N) is 3. The Morgan fingerprint density at radius 2 is 1.77 bits per heavy atom. The van der Waals surface area contributed by atoms with Crippen LogP contribution in [0.3, 0.4) is 0 Å². The van der Waals surface area contributed by atoms with E-state index in [1.165, 1.54) is 59.7 Å². The number of ketones is 1. The number of carbonyl (C=O) groups is 1. The van der Waals surface area contributed by atoms with Gasteiger partial charge in [0.25, 0.3) is 0 Å². The molecule has 31 heavy (non-hydrogen) atoms. The third kappa shape index (κ3) is 5.37. The maximum atomic E-state index is 12.7. The molecule has 1 aromatic heterocycles. The molecule has 1 heterocycles. The molecule has 3 aromatic rings. The summed E-state index contributed by atoms with van der Waals surface area (Å²) < 4.78 is 1.52. The second kappa shape index (κ2) is 10.1. The van der Waals surface area contributed by atoms with Crippen molar-refractivity contribution < 1.29 is 4.79 Å². The topological polar surface area (TPSA) is 73.8 Å². The van der Waals surface area contributed by atoms with Gasteiger partial charge in [-0.2, -0.15) is 0 Å². The summed E-state index contributed by atoms with van der Waals surface area (Å²) in [5, 5.41) is 9.02. The van der Waals surface area contributed by atoms with E-state index < -0.39 is 0 Å². The van der Waals surface area contributed by atoms with Gasteiger partial charge in [-0.3, -0.25) is 4.79 Å². The molecule has 2 aromatic carbocycles. The number of hydrogen-bond acceptors (Lipinski definition) is 5. The SMILES string of the molecule is CC(Cc1nnc(SCC(=O)c2ccc(C3CCCCC3)cc2)n1N)c1ccccc1. The molecular weight excluding hydrogens is 404 g/mol. The van der Waals surface area contributed by atoms with E-state index in [1.807, 2.05) is 30.3 Å². The lowest BCUT2D eigenvalue weighted by molar-refractivity contribution is 0.102. The fraction of sp³-hybridized carbons (Fsp3) is 0.400. The molecule has 0 amide bonds. The quantitative estimate of drug-likeness (QED) is 0.293. The summed E-state index contributed by atoms with van der Waals surface area (Å²) in [5.74, 6) is 8.26. The first-order valence-corrected chi connectivity index (χ1v) is 12.1. The van der Waals surface area contributed by atoms with Crippen molar-refractivity contribution in [2.24, 2.45) is 0 Å². The number of rotatable bonds is 8. The second-order valence-corrected chi connectivity index (χ2v) is 9.40. The summed E-state index contributed by atoms with van der Waals surface area (Å²) >= 11 is 1.34. The maximum Gasteiger partial charge on any atom is 0.210 e. The van der Waals surface area contributed by atoms with E-state index in [0.29, 0.717) is 23.2 Å². The largest absolute Gasteiger partial charge is 0.336 e. The zero-order chi connectivity index (χ0) is 21.6. The Labute approximate surface area is 188 Å². The predicted molar refractivity (Wildman–Crippen MR) is 126 cm³/mol. The first-order valence-electron chi connectivity index (χ1n) is 11.1. The van der Waals surface area contributed by atoms with Crippen LogP contribution >= 0.6 is 11.8 Å². The zero-order valence-electron chi connectivity index (χ0n) is 18.0. The highest BCUT2D eigenvalue weighted by Crippen LogP contribution is 2.32. The Balaban J connectivity index is 1.33. The fourth-order valence-corrected chi connectivity index (χ4v) is 5.08. The molecule has 1 saturated carbocycles. The summed E-state index contributed by atoms with van der Waals surface area (Å²) in [5.41, 5.74) is 3.35. The van der Waals surface area contributed by atoms with Crippen molar-refractivity contribution in [3.63, 3.8) is 0 Å². The second-order valence-electron chi connectivity index (χ2n) is 8.45. The molecule has 1 unspecified atom stereocenters. The summed E-state index contributed by atoms with van der Waals surface area (Å²) in [6, 6.07) is 18.5. The van der Waals surface area contributed by atoms with Crippen LogP contribution in [0.4, 0.5) is 0 Å². The number of nitrogens with two attached hydrogens (primary N) is 1. The molecule has 6 heteroatoms. The van der Waals surface area contributed by atoms with Gasteiger partial charge < -0.3 is 5.84 Å². The van der Waals surface area contributed by atoms with Gasteiger partial charge in [-0.25, -0.2) is 4.68 Å². The van der Waals surface area contributed by atoms with Gasteiger partial charge in [0.15, 0.2) is 11.6 Å². The maximum absolute atomic E-state index is 12.7. The van der Waals surface area contributed by atoms with Gasteiger partial charge in [-0.1, -0.05) is 92.5 Å². The van der Waals surface area contributed by atoms with E-state index in [1.54, 1.807) is 0 Å². The molecule has 1 aliphatic carbocycles. The van der Waals surface area contributed by atoms with Crippen molar-refractivity contribution in [2.75, 3.05) is 11.6 Å². The average Bonchev–Trinajstić information content (AvgIpc) is 3.17. The molecule has 5 nitrogen and oxygen atoms in total. The normalized spacial score (nSPS) is 15.6. The minimum Gasteiger partial charge on any atom is -0.336 e. The zero-order valence-corrected chi connectivity index (χ0v) is 18.9. The van der Waals surface area contributed by atoms with Crippen molar-refractivity contribution in [2.45, 2.75) is 62.4 Å². The van der Waals surface area contributed by atoms with Crippen LogP contribution in [-0.2, 0) is 6.42 Å². The van der Waals surface area contributed by atoms with Crippen molar-refractivity contribution >= 4 is 17.5 Å². The van der Waals surface area contributed by atoms with Gasteiger partial charge in [-0.15, -0.1) is 10.2 Å². The standard InChI is InChI=1S/C25H30N4OS/c1-18(19-8-4-2-5-9-19)16-24-27-28-25(29(24)26)31-17-23(30)22-14-12-21(13-15-22)20-10-6-3-7-11-20/h2,4-5,8-9,12-15,18,20H,3,6-7,10-11,16-17,26H2,1H3. The highest BCUT2D eigenvalue weighted by molar-refractivity contribution is 7.99. The lowest BCUT2D eigenvalue weighted by Crippen LogP contribution is -2.16. The Morgan fingerprint density at radius 3 is 2.48 bits per heavy atom. The molecule has 0 saturated heterocycles. The number of thioether (sulfide) groups is 1. The Kier molecular flexibility index (Phi) is 7.07. The van der Waals surface area contributed by atoms with E-state index in [0.717, 1.165) is 11.4 Å². The van der Waals surface area contributed by atoms with Crippen LogP contribution in [0.1, 0.15) is 78.2 Å². The third-order valence-corrected chi connectivity index (χ3v) is 7.18. The molecule has 0 bridgehead atoms. The Hall–Kier alpha value is -2.60. The first kappa shape index (κ1) is 21.6. The summed E-state index contributed by atoms with van der Waals surface area (Å²) in [6.07, 6.45) is 7.20. The van der Waals surface area contributed by atoms with Crippen LogP contribution in [0.25, 0.3) is 0 Å². The Morgan fingerprint density at radius 1 is 1.06 bits per heavy atom. The average molecular weight is 435 g/mol. The van der Waals surface area contributed by atoms with Crippen molar-refractivity contribution in [3.05, 3.63) is 77.1 Å². The molecule has 0 radical (unpaired) electrons. The molecule has 1 aliphatic rings. The first-order chi connectivity index (χ1) is 15.1. The number of carbonyl (C=O) groups excluding carboxylic acids is 1. The van der Waals surface area contributed by atoms with Gasteiger partial charge in [0, 0.05) is 12.0 Å². The minimum absolute atomic E-state index is 0.0856. The van der Waals surface area contributed by atoms with Gasteiger partial charge in [-0.05, 0) is 35.8 Å². The third-order valence-electron chi connectivity index (χ3n) is 6.23. The number of benzene rings is 2. The lowest BCUT2D eigenvalue weighted by Gasteiger charge is -2.22. The highest BCUT2D eigenvalue weighted by Gasteiger charge is 2.18. The molecule has 1 fully saturated rings. The molecular formula is C25H30N4OS. The van der Waals surface area contributed by atoms with Crippen molar-refractivity contribution in [3.8, 4) is 0 Å². The smallest absolute Gasteiger partial charge is 0.210 e. The van der Waals surface area contributed by atoms with Gasteiger partial charge in [0.1, 0.15) is 0 Å². The predicted octanol–water partition coefficient (Wildman–Crippen LogP) is 5.36.